The summed E-state index contributed by atoms with van der Waals surface area (Å²) in [5, 5.41) is 29.6. The number of aliphatic hydroxyl groups excluding tert-OH is 1. The van der Waals surface area contributed by atoms with Gasteiger partial charge in [-0.1, -0.05) is 68.3 Å². The second kappa shape index (κ2) is 41.6. The number of thioether (sulfide) groups is 3. The summed E-state index contributed by atoms with van der Waals surface area (Å²) in [4.78, 5) is 178. The molecule has 27 nitrogen and oxygen atoms in total. The molecule has 0 spiro atoms. The Labute approximate surface area is 619 Å². The number of hydrogen-bond acceptors (Lipinski definition) is 23. The second-order valence-electron chi connectivity index (χ2n) is 27.4. The Balaban J connectivity index is 1.01. The van der Waals surface area contributed by atoms with Crippen molar-refractivity contribution in [3.8, 4) is 0 Å². The zero-order valence-electron chi connectivity index (χ0n) is 58.8. The van der Waals surface area contributed by atoms with Crippen molar-refractivity contribution in [3.63, 3.8) is 0 Å². The van der Waals surface area contributed by atoms with Gasteiger partial charge in [0.25, 0.3) is 0 Å². The maximum absolute atomic E-state index is 15.0. The predicted molar refractivity (Wildman–Crippen MR) is 387 cm³/mol. The van der Waals surface area contributed by atoms with Crippen LogP contribution in [0.3, 0.4) is 0 Å². The van der Waals surface area contributed by atoms with Gasteiger partial charge in [0.2, 0.25) is 35.4 Å². The summed E-state index contributed by atoms with van der Waals surface area (Å²) in [6.07, 6.45) is 2.21. The van der Waals surface area contributed by atoms with E-state index >= 15 is 0 Å². The Kier molecular flexibility index (Phi) is 33.3. The van der Waals surface area contributed by atoms with E-state index in [0.717, 1.165) is 29.5 Å². The number of primary amides is 1. The number of carbonyl (C=O) groups excluding carboxylic acids is 11. The first kappa shape index (κ1) is 81.6. The van der Waals surface area contributed by atoms with Crippen LogP contribution in [0.2, 0.25) is 0 Å². The number of nitrogens with two attached hydrogens (primary N) is 1. The number of benzene rings is 2. The number of carbonyl (C=O) groups is 12. The Morgan fingerprint density at radius 2 is 1.27 bits per heavy atom. The van der Waals surface area contributed by atoms with Crippen LogP contribution in [0.15, 0.2) is 60.9 Å². The number of fused-ring (bicyclic) bond motifs is 11. The topological polar surface area (TPSA) is 355 Å². The molecular formula is C71H101InN10O17S3. The number of aliphatic hydroxyl groups is 1. The van der Waals surface area contributed by atoms with Crippen LogP contribution in [-0.2, 0) is 89.8 Å². The number of rotatable bonds is 21. The quantitative estimate of drug-likeness (QED) is 0.0979. The summed E-state index contributed by atoms with van der Waals surface area (Å²) in [6, 6.07) is 8.32. The first-order chi connectivity index (χ1) is 49.0. The fraction of sp³-hybridized carbons (Fsp3) is 0.634. The molecule has 7 N–H and O–H groups in total. The van der Waals surface area contributed by atoms with E-state index in [9.17, 15) is 67.7 Å². The fourth-order valence-corrected chi connectivity index (χ4v) is 19.7. The Bertz CT molecular complexity index is 3250. The van der Waals surface area contributed by atoms with E-state index < -0.39 is 137 Å². The summed E-state index contributed by atoms with van der Waals surface area (Å²) < 4.78 is 17.2. The number of Topliss-reactive ketones (excluding diaryl/α,β-unsaturated/α-hetero) is 3. The van der Waals surface area contributed by atoms with Crippen molar-refractivity contribution in [2.24, 2.45) is 17.6 Å². The molecule has 5 saturated heterocycles. The van der Waals surface area contributed by atoms with Crippen LogP contribution in [-0.4, -0.2) is 278 Å². The Morgan fingerprint density at radius 3 is 1.90 bits per heavy atom. The average molecular weight is 1580 g/mol. The van der Waals surface area contributed by atoms with Crippen LogP contribution < -0.4 is 21.7 Å². The molecule has 0 aliphatic carbocycles. The molecule has 6 aliphatic heterocycles. The molecule has 0 saturated carbocycles. The molecular weight excluding hydrogens is 1480 g/mol. The van der Waals surface area contributed by atoms with Crippen molar-refractivity contribution in [2.45, 2.75) is 164 Å². The first-order valence-corrected chi connectivity index (χ1v) is 43.3. The number of nitrogens with one attached hydrogen (secondary N) is 3. The van der Waals surface area contributed by atoms with Gasteiger partial charge in [-0.3, -0.25) is 43.2 Å². The second-order valence-corrected chi connectivity index (χ2v) is 34.3. The van der Waals surface area contributed by atoms with Gasteiger partial charge in [0, 0.05) is 67.5 Å². The van der Waals surface area contributed by atoms with Gasteiger partial charge >= 0.3 is 198 Å². The van der Waals surface area contributed by atoms with Gasteiger partial charge in [-0.15, -0.1) is 0 Å². The third-order valence-corrected chi connectivity index (χ3v) is 26.7. The van der Waals surface area contributed by atoms with Crippen molar-refractivity contribution >= 4 is 129 Å². The molecule has 11 atom stereocenters. The number of hydrogen-bond donors (Lipinski definition) is 6. The van der Waals surface area contributed by atoms with Crippen LogP contribution in [0.25, 0.3) is 0 Å². The first-order valence-electron chi connectivity index (χ1n) is 35.8. The molecule has 6 bridgehead atoms. The molecule has 558 valence electrons. The zero-order valence-corrected chi connectivity index (χ0v) is 64.5. The SMILES string of the molecule is C=C1CN2CCN(CC(=O)CCCSCc3cc4cc(c3)CSC[C@H](CC(=O)CCCCC)C(=O)N3CCC[C@H]3C(=O)N3CCC[C@H]3C(=O)N[C@@H]([C@@H](C)O)C(=O)N[C@@H](CCC(N)=O)C(=O)N[C@@H](Cc3ccccc3)C(=O)C[C@H](C(=O)O)CSC4)CCN3CCN(CC2)CC(=O)[O][In]([O]1)[O]C(=O)C3. The van der Waals surface area contributed by atoms with Crippen molar-refractivity contribution in [3.05, 3.63) is 83.1 Å². The monoisotopic (exact) mass is 1580 g/mol. The van der Waals surface area contributed by atoms with Gasteiger partial charge in [0.15, 0.2) is 5.78 Å². The Morgan fingerprint density at radius 1 is 0.676 bits per heavy atom. The van der Waals surface area contributed by atoms with E-state index in [2.05, 4.69) is 44.5 Å². The zero-order chi connectivity index (χ0) is 73.2. The van der Waals surface area contributed by atoms with E-state index in [1.165, 1.54) is 35.3 Å². The van der Waals surface area contributed by atoms with Crippen molar-refractivity contribution in [1.29, 1.82) is 0 Å². The standard InChI is InChI=1S/C71H104N10O17S3.In/c1-4-5-7-15-55(84)36-53-45-100-43-51-32-50(42-99-31-12-16-56(85)39-77-25-23-76(38-47(2)82)24-27-78(40-63(88)89)29-30-79(28-26-77)41-64(90)91)33-52(34-51)44-101-46-54(71(97)98)37-61(86)58(35-49-13-8-6-9-14-49)74-66(92)57(19-20-62(72)87)73-68(94)65(48(3)83)75-67(93)59-17-10-21-80(59)70(96)60-18-11-22-81(60)69(53)95;/h6,8-9,13-14,32-34,48,53-54,57-60,65,82-83H,2,4-5,7,10-12,15-31,35-46H2,1,3H3,(H2,72,87)(H,73,94)(H,74,92)(H,75,93)(H,88,89)(H,90,91)(H,97,98);/q;+3/p-3/t48-,53+,54+,57+,58+,59+,60+,65+;/m1./s1. The molecule has 6 aliphatic rings. The molecule has 102 heavy (non-hydrogen) atoms. The summed E-state index contributed by atoms with van der Waals surface area (Å²) >= 11 is 0.420. The van der Waals surface area contributed by atoms with Gasteiger partial charge < -0.3 is 41.7 Å². The van der Waals surface area contributed by atoms with Gasteiger partial charge in [0.1, 0.15) is 30.0 Å². The minimum absolute atomic E-state index is 0.00403. The maximum atomic E-state index is 15.0. The number of aliphatic carboxylic acids is 1. The molecule has 2 aromatic carbocycles. The molecule has 3 unspecified atom stereocenters. The third-order valence-electron chi connectivity index (χ3n) is 19.2. The Hall–Kier alpha value is -6.06. The van der Waals surface area contributed by atoms with E-state index in [0.29, 0.717) is 138 Å². The van der Waals surface area contributed by atoms with Crippen molar-refractivity contribution in [2.75, 3.05) is 109 Å². The average Bonchev–Trinajstić information content (AvgIpc) is 1.63. The number of carboxylic acid groups (broad SMARTS) is 1. The van der Waals surface area contributed by atoms with Gasteiger partial charge in [-0.2, -0.15) is 35.3 Å². The van der Waals surface area contributed by atoms with Gasteiger partial charge in [-0.25, -0.2) is 0 Å². The fourth-order valence-electron chi connectivity index (χ4n) is 13.6. The van der Waals surface area contributed by atoms with Crippen LogP contribution in [0, 0.1) is 11.8 Å². The van der Waals surface area contributed by atoms with Gasteiger partial charge in [0.05, 0.1) is 24.0 Å². The van der Waals surface area contributed by atoms with Crippen LogP contribution in [0.4, 0.5) is 0 Å². The number of unbranched alkanes of at least 4 members (excludes halogenated alkanes) is 2. The third kappa shape index (κ3) is 26.2. The molecule has 31 heteroatoms. The number of amides is 6. The van der Waals surface area contributed by atoms with Crippen LogP contribution in [0.1, 0.15) is 126 Å². The minimum atomic E-state index is -4.05. The number of nitrogens with zero attached hydrogens (tertiary/aromatic N) is 6. The molecule has 0 aromatic heterocycles. The van der Waals surface area contributed by atoms with Crippen molar-refractivity contribution < 1.29 is 76.3 Å². The number of carboxylic acids is 1. The molecule has 5 fully saturated rings. The summed E-state index contributed by atoms with van der Waals surface area (Å²) in [6.45, 7) is 12.8. The summed E-state index contributed by atoms with van der Waals surface area (Å²) in [5.74, 6) is -6.53. The van der Waals surface area contributed by atoms with E-state index in [-0.39, 0.29) is 87.4 Å². The summed E-state index contributed by atoms with van der Waals surface area (Å²) in [7, 11) is 0. The van der Waals surface area contributed by atoms with E-state index in [1.807, 2.05) is 22.8 Å². The molecule has 0 radical (unpaired) electrons. The predicted octanol–water partition coefficient (Wildman–Crippen LogP) is 2.74. The van der Waals surface area contributed by atoms with Crippen LogP contribution in [0.5, 0.6) is 0 Å². The molecule has 6 heterocycles. The van der Waals surface area contributed by atoms with Gasteiger partial charge in [-0.05, 0) is 74.1 Å². The molecule has 6 amide bonds. The van der Waals surface area contributed by atoms with Crippen molar-refractivity contribution in [1.82, 2.24) is 45.3 Å². The van der Waals surface area contributed by atoms with E-state index in [1.54, 1.807) is 47.0 Å². The van der Waals surface area contributed by atoms with Crippen LogP contribution >= 0.6 is 35.3 Å². The summed E-state index contributed by atoms with van der Waals surface area (Å²) in [5.41, 5.74) is 8.92. The molecule has 8 rings (SSSR count). The number of ketones is 3. The van der Waals surface area contributed by atoms with E-state index in [4.69, 9.17) is 14.3 Å². The normalized spacial score (nSPS) is 26.5. The molecule has 2 aromatic rings.